The van der Waals surface area contributed by atoms with Crippen LogP contribution < -0.4 is 10.1 Å². The van der Waals surface area contributed by atoms with E-state index >= 15 is 0 Å². The summed E-state index contributed by atoms with van der Waals surface area (Å²) in [7, 11) is 1.70. The molecule has 3 aromatic rings. The number of hydrogen-bond donors (Lipinski definition) is 1. The van der Waals surface area contributed by atoms with Gasteiger partial charge in [0.15, 0.2) is 0 Å². The minimum atomic E-state index is 0.323. The molecule has 1 aliphatic heterocycles. The number of aromatic nitrogens is 2. The number of ether oxygens (including phenoxy) is 2. The molecule has 1 aliphatic rings. The first-order valence-corrected chi connectivity index (χ1v) is 9.45. The molecule has 27 heavy (non-hydrogen) atoms. The molecule has 1 saturated heterocycles. The Bertz CT molecular complexity index is 870. The van der Waals surface area contributed by atoms with Crippen molar-refractivity contribution in [2.45, 2.75) is 25.5 Å². The maximum absolute atomic E-state index is 5.71. The highest BCUT2D eigenvalue weighted by atomic mass is 16.5. The largest absolute Gasteiger partial charge is 0.496 e. The Hall–Kier alpha value is -2.63. The van der Waals surface area contributed by atoms with E-state index in [1.807, 2.05) is 41.1 Å². The van der Waals surface area contributed by atoms with Gasteiger partial charge < -0.3 is 14.8 Å². The van der Waals surface area contributed by atoms with E-state index in [4.69, 9.17) is 14.6 Å². The Balaban J connectivity index is 1.63. The Kier molecular flexibility index (Phi) is 5.51. The average molecular weight is 363 g/mol. The summed E-state index contributed by atoms with van der Waals surface area (Å²) in [5.41, 5.74) is 4.13. The summed E-state index contributed by atoms with van der Waals surface area (Å²) in [6.45, 7) is 2.48. The van der Waals surface area contributed by atoms with Crippen molar-refractivity contribution in [3.8, 4) is 22.7 Å². The van der Waals surface area contributed by atoms with Crippen molar-refractivity contribution in [1.29, 1.82) is 0 Å². The van der Waals surface area contributed by atoms with E-state index < -0.39 is 0 Å². The molecule has 1 N–H and O–H groups in total. The summed E-state index contributed by atoms with van der Waals surface area (Å²) < 4.78 is 13.2. The van der Waals surface area contributed by atoms with Gasteiger partial charge in [-0.1, -0.05) is 30.3 Å². The number of nitrogens with zero attached hydrogens (tertiary/aromatic N) is 2. The second kappa shape index (κ2) is 8.37. The fraction of sp³-hybridized carbons (Fsp3) is 0.318. The SMILES string of the molecule is COc1ccccc1-c1nn(-c2ccccc2)cc1CNCC1CCCO1. The van der Waals surface area contributed by atoms with E-state index in [0.29, 0.717) is 6.10 Å². The quantitative estimate of drug-likeness (QED) is 0.693. The van der Waals surface area contributed by atoms with Crippen molar-refractivity contribution in [2.75, 3.05) is 20.3 Å². The van der Waals surface area contributed by atoms with Gasteiger partial charge in [-0.3, -0.25) is 0 Å². The molecule has 1 aromatic heterocycles. The molecule has 2 heterocycles. The molecule has 1 unspecified atom stereocenters. The van der Waals surface area contributed by atoms with Crippen LogP contribution >= 0.6 is 0 Å². The molecule has 4 rings (SSSR count). The number of rotatable bonds is 7. The lowest BCUT2D eigenvalue weighted by atomic mass is 10.1. The molecule has 140 valence electrons. The van der Waals surface area contributed by atoms with Crippen molar-refractivity contribution < 1.29 is 9.47 Å². The average Bonchev–Trinajstić information content (AvgIpc) is 3.39. The molecule has 1 atom stereocenters. The van der Waals surface area contributed by atoms with E-state index in [0.717, 1.165) is 60.8 Å². The molecule has 0 spiro atoms. The van der Waals surface area contributed by atoms with E-state index in [1.54, 1.807) is 7.11 Å². The molecule has 1 fully saturated rings. The van der Waals surface area contributed by atoms with Crippen LogP contribution in [0.5, 0.6) is 5.75 Å². The van der Waals surface area contributed by atoms with Crippen LogP contribution in [0.3, 0.4) is 0 Å². The van der Waals surface area contributed by atoms with Gasteiger partial charge in [0, 0.05) is 37.0 Å². The normalized spacial score (nSPS) is 16.6. The zero-order chi connectivity index (χ0) is 18.5. The first-order valence-electron chi connectivity index (χ1n) is 9.45. The van der Waals surface area contributed by atoms with Crippen LogP contribution in [-0.4, -0.2) is 36.1 Å². The van der Waals surface area contributed by atoms with Gasteiger partial charge in [0.25, 0.3) is 0 Å². The summed E-state index contributed by atoms with van der Waals surface area (Å²) in [5, 5.41) is 8.41. The van der Waals surface area contributed by atoms with Crippen LogP contribution in [0.25, 0.3) is 16.9 Å². The molecular weight excluding hydrogens is 338 g/mol. The minimum absolute atomic E-state index is 0.323. The van der Waals surface area contributed by atoms with Gasteiger partial charge in [-0.15, -0.1) is 0 Å². The zero-order valence-corrected chi connectivity index (χ0v) is 15.6. The van der Waals surface area contributed by atoms with Crippen LogP contribution in [0.2, 0.25) is 0 Å². The van der Waals surface area contributed by atoms with E-state index in [1.165, 1.54) is 0 Å². The monoisotopic (exact) mass is 363 g/mol. The van der Waals surface area contributed by atoms with Crippen LogP contribution in [0.4, 0.5) is 0 Å². The topological polar surface area (TPSA) is 48.3 Å². The first kappa shape index (κ1) is 17.8. The second-order valence-corrected chi connectivity index (χ2v) is 6.75. The Morgan fingerprint density at radius 2 is 1.96 bits per heavy atom. The molecule has 0 saturated carbocycles. The first-order chi connectivity index (χ1) is 13.3. The lowest BCUT2D eigenvalue weighted by Gasteiger charge is -2.11. The molecule has 5 heteroatoms. The molecule has 0 aliphatic carbocycles. The molecule has 0 radical (unpaired) electrons. The predicted octanol–water partition coefficient (Wildman–Crippen LogP) is 3.82. The summed E-state index contributed by atoms with van der Waals surface area (Å²) in [6.07, 6.45) is 4.71. The van der Waals surface area contributed by atoms with E-state index in [9.17, 15) is 0 Å². The summed E-state index contributed by atoms with van der Waals surface area (Å²) in [6, 6.07) is 18.2. The summed E-state index contributed by atoms with van der Waals surface area (Å²) in [5.74, 6) is 0.830. The van der Waals surface area contributed by atoms with Crippen LogP contribution in [0.1, 0.15) is 18.4 Å². The maximum atomic E-state index is 5.71. The highest BCUT2D eigenvalue weighted by Gasteiger charge is 2.18. The van der Waals surface area contributed by atoms with Crippen molar-refractivity contribution >= 4 is 0 Å². The Morgan fingerprint density at radius 1 is 1.15 bits per heavy atom. The van der Waals surface area contributed by atoms with Gasteiger partial charge in [-0.25, -0.2) is 4.68 Å². The third kappa shape index (κ3) is 4.04. The number of benzene rings is 2. The van der Waals surface area contributed by atoms with Crippen molar-refractivity contribution in [3.05, 3.63) is 66.4 Å². The molecule has 0 amide bonds. The number of hydrogen-bond acceptors (Lipinski definition) is 4. The zero-order valence-electron chi connectivity index (χ0n) is 15.6. The van der Waals surface area contributed by atoms with Gasteiger partial charge in [0.05, 0.1) is 18.9 Å². The molecule has 0 bridgehead atoms. The van der Waals surface area contributed by atoms with Crippen molar-refractivity contribution in [1.82, 2.24) is 15.1 Å². The number of para-hydroxylation sites is 2. The number of methoxy groups -OCH3 is 1. The van der Waals surface area contributed by atoms with Crippen LogP contribution in [-0.2, 0) is 11.3 Å². The third-order valence-electron chi connectivity index (χ3n) is 4.88. The van der Waals surface area contributed by atoms with E-state index in [2.05, 4.69) is 29.7 Å². The fourth-order valence-corrected chi connectivity index (χ4v) is 3.49. The Labute approximate surface area is 159 Å². The van der Waals surface area contributed by atoms with Crippen LogP contribution in [0.15, 0.2) is 60.8 Å². The predicted molar refractivity (Wildman–Crippen MR) is 106 cm³/mol. The molecular formula is C22H25N3O2. The highest BCUT2D eigenvalue weighted by Crippen LogP contribution is 2.31. The fourth-order valence-electron chi connectivity index (χ4n) is 3.49. The van der Waals surface area contributed by atoms with Gasteiger partial charge >= 0.3 is 0 Å². The van der Waals surface area contributed by atoms with E-state index in [-0.39, 0.29) is 0 Å². The van der Waals surface area contributed by atoms with Crippen molar-refractivity contribution in [3.63, 3.8) is 0 Å². The minimum Gasteiger partial charge on any atom is -0.496 e. The third-order valence-corrected chi connectivity index (χ3v) is 4.88. The lowest BCUT2D eigenvalue weighted by molar-refractivity contribution is 0.110. The van der Waals surface area contributed by atoms with Gasteiger partial charge in [0.2, 0.25) is 0 Å². The highest BCUT2D eigenvalue weighted by molar-refractivity contribution is 5.70. The molecule has 2 aromatic carbocycles. The molecule has 5 nitrogen and oxygen atoms in total. The second-order valence-electron chi connectivity index (χ2n) is 6.75. The van der Waals surface area contributed by atoms with Gasteiger partial charge in [-0.05, 0) is 37.1 Å². The maximum Gasteiger partial charge on any atom is 0.128 e. The standard InChI is InChI=1S/C22H25N3O2/c1-26-21-12-6-5-11-20(21)22-17(14-23-15-19-10-7-13-27-19)16-25(24-22)18-8-3-2-4-9-18/h2-6,8-9,11-12,16,19,23H,7,10,13-15H2,1H3. The number of nitrogens with one attached hydrogen (secondary N) is 1. The summed E-state index contributed by atoms with van der Waals surface area (Å²) in [4.78, 5) is 0. The van der Waals surface area contributed by atoms with Crippen LogP contribution in [0, 0.1) is 0 Å². The van der Waals surface area contributed by atoms with Crippen molar-refractivity contribution in [2.24, 2.45) is 0 Å². The smallest absolute Gasteiger partial charge is 0.128 e. The lowest BCUT2D eigenvalue weighted by Crippen LogP contribution is -2.25. The summed E-state index contributed by atoms with van der Waals surface area (Å²) >= 11 is 0. The van der Waals surface area contributed by atoms with Gasteiger partial charge in [0.1, 0.15) is 11.4 Å². The Morgan fingerprint density at radius 3 is 2.74 bits per heavy atom. The van der Waals surface area contributed by atoms with Gasteiger partial charge in [-0.2, -0.15) is 5.10 Å².